The predicted molar refractivity (Wildman–Crippen MR) is 66.5 cm³/mol. The van der Waals surface area contributed by atoms with Gasteiger partial charge in [0.25, 0.3) is 0 Å². The second-order valence-corrected chi connectivity index (χ2v) is 3.85. The van der Waals surface area contributed by atoms with Crippen LogP contribution in [0.3, 0.4) is 0 Å². The lowest BCUT2D eigenvalue weighted by molar-refractivity contribution is 0.610. The van der Waals surface area contributed by atoms with Gasteiger partial charge in [0.05, 0.1) is 17.9 Å². The van der Waals surface area contributed by atoms with Gasteiger partial charge in [-0.2, -0.15) is 0 Å². The topological polar surface area (TPSA) is 50.7 Å². The van der Waals surface area contributed by atoms with E-state index in [9.17, 15) is 0 Å². The van der Waals surface area contributed by atoms with Gasteiger partial charge in [0.1, 0.15) is 0 Å². The van der Waals surface area contributed by atoms with E-state index in [0.29, 0.717) is 0 Å². The zero-order valence-corrected chi connectivity index (χ0v) is 10.1. The van der Waals surface area contributed by atoms with Gasteiger partial charge in [-0.3, -0.25) is 15.0 Å². The number of aromatic nitrogens is 3. The molecule has 0 amide bonds. The molecule has 1 N–H and O–H groups in total. The van der Waals surface area contributed by atoms with Gasteiger partial charge in [0.15, 0.2) is 0 Å². The van der Waals surface area contributed by atoms with Crippen LogP contribution in [0, 0.1) is 6.92 Å². The molecule has 2 aromatic heterocycles. The van der Waals surface area contributed by atoms with Crippen molar-refractivity contribution < 1.29 is 0 Å². The summed E-state index contributed by atoms with van der Waals surface area (Å²) in [6.07, 6.45) is 7.06. The minimum atomic E-state index is 0.0572. The molecule has 0 saturated heterocycles. The summed E-state index contributed by atoms with van der Waals surface area (Å²) in [4.78, 5) is 12.8. The van der Waals surface area contributed by atoms with Crippen LogP contribution in [-0.2, 0) is 0 Å². The van der Waals surface area contributed by atoms with E-state index in [1.807, 2.05) is 19.2 Å². The quantitative estimate of drug-likeness (QED) is 0.868. The molecule has 0 aliphatic heterocycles. The van der Waals surface area contributed by atoms with Crippen molar-refractivity contribution >= 4 is 0 Å². The zero-order valence-electron chi connectivity index (χ0n) is 10.1. The van der Waals surface area contributed by atoms with Crippen LogP contribution in [0.1, 0.15) is 29.9 Å². The Kier molecular flexibility index (Phi) is 3.77. The number of pyridine rings is 1. The van der Waals surface area contributed by atoms with Gasteiger partial charge in [0.2, 0.25) is 0 Å². The van der Waals surface area contributed by atoms with Crippen LogP contribution in [0.15, 0.2) is 36.9 Å². The molecular formula is C13H16N4. The largest absolute Gasteiger partial charge is 0.305 e. The summed E-state index contributed by atoms with van der Waals surface area (Å²) in [7, 11) is 0. The molecule has 0 radical (unpaired) electrons. The second-order valence-electron chi connectivity index (χ2n) is 3.85. The number of hydrogen-bond donors (Lipinski definition) is 1. The van der Waals surface area contributed by atoms with E-state index in [0.717, 1.165) is 23.5 Å². The van der Waals surface area contributed by atoms with Gasteiger partial charge < -0.3 is 5.32 Å². The maximum atomic E-state index is 4.34. The minimum Gasteiger partial charge on any atom is -0.305 e. The maximum absolute atomic E-state index is 4.34. The van der Waals surface area contributed by atoms with Crippen molar-refractivity contribution in [3.05, 3.63) is 53.9 Å². The van der Waals surface area contributed by atoms with Crippen molar-refractivity contribution in [3.63, 3.8) is 0 Å². The molecule has 0 aliphatic rings. The fourth-order valence-electron chi connectivity index (χ4n) is 1.71. The molecule has 88 valence electrons. The molecule has 4 heteroatoms. The molecule has 0 saturated carbocycles. The van der Waals surface area contributed by atoms with E-state index in [-0.39, 0.29) is 6.04 Å². The zero-order chi connectivity index (χ0) is 12.1. The Morgan fingerprint density at radius 3 is 2.65 bits per heavy atom. The molecule has 0 aliphatic carbocycles. The summed E-state index contributed by atoms with van der Waals surface area (Å²) in [6.45, 7) is 4.93. The van der Waals surface area contributed by atoms with Crippen LogP contribution in [0.5, 0.6) is 0 Å². The SMILES string of the molecule is CCNC(c1ccc(C)nc1)c1cnccn1. The molecule has 1 unspecified atom stereocenters. The number of nitrogens with zero attached hydrogens (tertiary/aromatic N) is 3. The smallest absolute Gasteiger partial charge is 0.0802 e. The summed E-state index contributed by atoms with van der Waals surface area (Å²) < 4.78 is 0. The van der Waals surface area contributed by atoms with Crippen LogP contribution in [0.2, 0.25) is 0 Å². The molecule has 0 bridgehead atoms. The molecule has 0 fully saturated rings. The van der Waals surface area contributed by atoms with E-state index in [4.69, 9.17) is 0 Å². The van der Waals surface area contributed by atoms with Crippen molar-refractivity contribution in [1.29, 1.82) is 0 Å². The van der Waals surface area contributed by atoms with Gasteiger partial charge in [0, 0.05) is 24.3 Å². The fourth-order valence-corrected chi connectivity index (χ4v) is 1.71. The lowest BCUT2D eigenvalue weighted by atomic mass is 10.1. The Bertz CT molecular complexity index is 453. The Morgan fingerprint density at radius 2 is 2.06 bits per heavy atom. The normalized spacial score (nSPS) is 12.4. The van der Waals surface area contributed by atoms with Crippen LogP contribution in [0.25, 0.3) is 0 Å². The third-order valence-corrected chi connectivity index (χ3v) is 2.55. The summed E-state index contributed by atoms with van der Waals surface area (Å²) in [5, 5.41) is 3.39. The number of rotatable bonds is 4. The lowest BCUT2D eigenvalue weighted by Crippen LogP contribution is -2.23. The molecule has 2 rings (SSSR count). The Balaban J connectivity index is 2.32. The first kappa shape index (κ1) is 11.7. The summed E-state index contributed by atoms with van der Waals surface area (Å²) in [6, 6.07) is 4.14. The van der Waals surface area contributed by atoms with Gasteiger partial charge in [-0.05, 0) is 25.1 Å². The summed E-state index contributed by atoms with van der Waals surface area (Å²) in [5.74, 6) is 0. The molecule has 2 heterocycles. The van der Waals surface area contributed by atoms with Crippen molar-refractivity contribution in [2.24, 2.45) is 0 Å². The Hall–Kier alpha value is -1.81. The second kappa shape index (κ2) is 5.50. The standard InChI is InChI=1S/C13H16N4/c1-3-15-13(12-9-14-6-7-16-12)11-5-4-10(2)17-8-11/h4-9,13,15H,3H2,1-2H3. The first-order valence-corrected chi connectivity index (χ1v) is 5.73. The molecule has 1 atom stereocenters. The molecule has 17 heavy (non-hydrogen) atoms. The number of nitrogens with one attached hydrogen (secondary N) is 1. The highest BCUT2D eigenvalue weighted by atomic mass is 14.9. The van der Waals surface area contributed by atoms with Gasteiger partial charge in [-0.25, -0.2) is 0 Å². The third kappa shape index (κ3) is 2.85. The maximum Gasteiger partial charge on any atom is 0.0802 e. The van der Waals surface area contributed by atoms with Crippen molar-refractivity contribution in [1.82, 2.24) is 20.3 Å². The molecule has 2 aromatic rings. The van der Waals surface area contributed by atoms with Gasteiger partial charge >= 0.3 is 0 Å². The monoisotopic (exact) mass is 228 g/mol. The Morgan fingerprint density at radius 1 is 1.18 bits per heavy atom. The first-order chi connectivity index (χ1) is 8.31. The van der Waals surface area contributed by atoms with E-state index in [1.165, 1.54) is 0 Å². The average molecular weight is 228 g/mol. The van der Waals surface area contributed by atoms with Gasteiger partial charge in [-0.15, -0.1) is 0 Å². The summed E-state index contributed by atoms with van der Waals surface area (Å²) in [5.41, 5.74) is 3.04. The molecule has 0 spiro atoms. The number of aryl methyl sites for hydroxylation is 1. The highest BCUT2D eigenvalue weighted by molar-refractivity contribution is 5.24. The Labute approximate surface area is 101 Å². The van der Waals surface area contributed by atoms with Gasteiger partial charge in [-0.1, -0.05) is 13.0 Å². The fraction of sp³-hybridized carbons (Fsp3) is 0.308. The predicted octanol–water partition coefficient (Wildman–Crippen LogP) is 1.88. The molecule has 4 nitrogen and oxygen atoms in total. The van der Waals surface area contributed by atoms with Crippen LogP contribution >= 0.6 is 0 Å². The molecule has 0 aromatic carbocycles. The van der Waals surface area contributed by atoms with E-state index in [2.05, 4.69) is 33.3 Å². The highest BCUT2D eigenvalue weighted by Crippen LogP contribution is 2.18. The average Bonchev–Trinajstić information content (AvgIpc) is 2.38. The van der Waals surface area contributed by atoms with Crippen LogP contribution < -0.4 is 5.32 Å². The van der Waals surface area contributed by atoms with Crippen LogP contribution in [0.4, 0.5) is 0 Å². The third-order valence-electron chi connectivity index (χ3n) is 2.55. The van der Waals surface area contributed by atoms with Crippen molar-refractivity contribution in [2.45, 2.75) is 19.9 Å². The van der Waals surface area contributed by atoms with Crippen molar-refractivity contribution in [2.75, 3.05) is 6.54 Å². The minimum absolute atomic E-state index is 0.0572. The van der Waals surface area contributed by atoms with Crippen molar-refractivity contribution in [3.8, 4) is 0 Å². The van der Waals surface area contributed by atoms with E-state index >= 15 is 0 Å². The van der Waals surface area contributed by atoms with E-state index in [1.54, 1.807) is 18.6 Å². The highest BCUT2D eigenvalue weighted by Gasteiger charge is 2.14. The lowest BCUT2D eigenvalue weighted by Gasteiger charge is -2.17. The number of hydrogen-bond acceptors (Lipinski definition) is 4. The molecular weight excluding hydrogens is 212 g/mol. The van der Waals surface area contributed by atoms with E-state index < -0.39 is 0 Å². The van der Waals surface area contributed by atoms with Crippen LogP contribution in [-0.4, -0.2) is 21.5 Å². The summed E-state index contributed by atoms with van der Waals surface area (Å²) >= 11 is 0. The first-order valence-electron chi connectivity index (χ1n) is 5.73.